The maximum atomic E-state index is 13.0. The minimum Gasteiger partial charge on any atom is -0.497 e. The number of nitrogens with one attached hydrogen (secondary N) is 1. The number of anilines is 1. The summed E-state index contributed by atoms with van der Waals surface area (Å²) in [5.41, 5.74) is -0.353. The first kappa shape index (κ1) is 26.3. The van der Waals surface area contributed by atoms with Gasteiger partial charge in [0.25, 0.3) is 5.56 Å². The molecule has 10 heteroatoms. The van der Waals surface area contributed by atoms with E-state index in [0.29, 0.717) is 29.9 Å². The third-order valence-electron chi connectivity index (χ3n) is 6.34. The number of imidazole rings is 1. The molecule has 0 spiro atoms. The van der Waals surface area contributed by atoms with E-state index in [4.69, 9.17) is 9.47 Å². The Bertz CT molecular complexity index is 1230. The molecule has 0 fully saturated rings. The summed E-state index contributed by atoms with van der Waals surface area (Å²) in [6.07, 6.45) is 3.48. The number of aromatic nitrogens is 4. The number of hydrogen-bond acceptors (Lipinski definition) is 7. The molecule has 0 saturated carbocycles. The normalized spacial score (nSPS) is 13.1. The van der Waals surface area contributed by atoms with Crippen LogP contribution in [-0.2, 0) is 20.6 Å². The van der Waals surface area contributed by atoms with E-state index in [0.717, 1.165) is 30.3 Å². The Balaban J connectivity index is 1.87. The molecule has 192 valence electrons. The highest BCUT2D eigenvalue weighted by Gasteiger charge is 2.22. The van der Waals surface area contributed by atoms with Gasteiger partial charge in [0, 0.05) is 20.6 Å². The van der Waals surface area contributed by atoms with Crippen LogP contribution in [0.15, 0.2) is 33.9 Å². The van der Waals surface area contributed by atoms with Crippen LogP contribution in [0.4, 0.5) is 5.95 Å². The number of methoxy groups -OCH3 is 1. The van der Waals surface area contributed by atoms with E-state index >= 15 is 0 Å². The Hall–Kier alpha value is -3.27. The van der Waals surface area contributed by atoms with E-state index in [1.165, 1.54) is 11.6 Å². The minimum atomic E-state index is -0.918. The summed E-state index contributed by atoms with van der Waals surface area (Å²) >= 11 is 0. The predicted octanol–water partition coefficient (Wildman–Crippen LogP) is 2.51. The van der Waals surface area contributed by atoms with Crippen LogP contribution in [-0.4, -0.2) is 50.2 Å². The lowest BCUT2D eigenvalue weighted by atomic mass is 9.99. The topological polar surface area (TPSA) is 113 Å². The van der Waals surface area contributed by atoms with E-state index < -0.39 is 17.4 Å². The average molecular weight is 488 g/mol. The van der Waals surface area contributed by atoms with E-state index in [1.54, 1.807) is 43.0 Å². The van der Waals surface area contributed by atoms with Crippen molar-refractivity contribution in [2.75, 3.05) is 25.6 Å². The van der Waals surface area contributed by atoms with Crippen LogP contribution >= 0.6 is 0 Å². The number of aliphatic hydroxyl groups excluding tert-OH is 1. The van der Waals surface area contributed by atoms with Gasteiger partial charge < -0.3 is 24.5 Å². The number of ether oxygens (including phenoxy) is 2. The molecule has 0 radical (unpaired) electrons. The van der Waals surface area contributed by atoms with Crippen LogP contribution in [0.5, 0.6) is 11.5 Å². The molecule has 10 nitrogen and oxygen atoms in total. The van der Waals surface area contributed by atoms with Gasteiger partial charge in [-0.3, -0.25) is 13.9 Å². The van der Waals surface area contributed by atoms with Gasteiger partial charge in [0.05, 0.1) is 13.7 Å². The molecule has 0 bridgehead atoms. The van der Waals surface area contributed by atoms with Gasteiger partial charge in [0.2, 0.25) is 5.95 Å². The summed E-state index contributed by atoms with van der Waals surface area (Å²) in [5, 5.41) is 14.2. The molecule has 0 amide bonds. The summed E-state index contributed by atoms with van der Waals surface area (Å²) < 4.78 is 14.9. The maximum absolute atomic E-state index is 13.0. The highest BCUT2D eigenvalue weighted by Crippen LogP contribution is 2.20. The highest BCUT2D eigenvalue weighted by atomic mass is 16.5. The van der Waals surface area contributed by atoms with E-state index in [9.17, 15) is 14.7 Å². The number of aryl methyl sites for hydroxylation is 1. The van der Waals surface area contributed by atoms with Crippen molar-refractivity contribution in [3.05, 3.63) is 45.1 Å². The largest absolute Gasteiger partial charge is 0.497 e. The first-order valence-corrected chi connectivity index (χ1v) is 12.2. The van der Waals surface area contributed by atoms with Crippen LogP contribution in [0, 0.1) is 5.92 Å². The molecule has 0 unspecified atom stereocenters. The van der Waals surface area contributed by atoms with Crippen LogP contribution in [0.25, 0.3) is 11.2 Å². The lowest BCUT2D eigenvalue weighted by Gasteiger charge is -2.18. The number of rotatable bonds is 13. The van der Waals surface area contributed by atoms with Crippen LogP contribution in [0.2, 0.25) is 0 Å². The van der Waals surface area contributed by atoms with Gasteiger partial charge in [-0.25, -0.2) is 4.79 Å². The van der Waals surface area contributed by atoms with Gasteiger partial charge in [-0.05, 0) is 36.6 Å². The zero-order valence-corrected chi connectivity index (χ0v) is 21.3. The lowest BCUT2D eigenvalue weighted by Crippen LogP contribution is -2.38. The van der Waals surface area contributed by atoms with Crippen LogP contribution in [0.3, 0.4) is 0 Å². The second-order valence-electron chi connectivity index (χ2n) is 8.86. The number of nitrogens with zero attached hydrogens (tertiary/aromatic N) is 4. The fourth-order valence-corrected chi connectivity index (χ4v) is 4.07. The zero-order chi connectivity index (χ0) is 25.5. The van der Waals surface area contributed by atoms with Crippen molar-refractivity contribution in [3.8, 4) is 11.5 Å². The number of unbranched alkanes of at least 4 members (excludes halogenated alkanes) is 1. The second-order valence-corrected chi connectivity index (χ2v) is 8.86. The molecule has 2 heterocycles. The molecule has 0 saturated heterocycles. The monoisotopic (exact) mass is 487 g/mol. The molecule has 2 aromatic heterocycles. The minimum absolute atomic E-state index is 0.0195. The Morgan fingerprint density at radius 2 is 1.77 bits per heavy atom. The Morgan fingerprint density at radius 3 is 2.40 bits per heavy atom. The Kier molecular flexibility index (Phi) is 8.97. The fourth-order valence-electron chi connectivity index (χ4n) is 4.07. The summed E-state index contributed by atoms with van der Waals surface area (Å²) in [5.74, 6) is 2.22. The van der Waals surface area contributed by atoms with Gasteiger partial charge in [-0.1, -0.05) is 33.1 Å². The first-order chi connectivity index (χ1) is 16.8. The molecule has 2 N–H and O–H groups in total. The predicted molar refractivity (Wildman–Crippen MR) is 137 cm³/mol. The molecule has 35 heavy (non-hydrogen) atoms. The van der Waals surface area contributed by atoms with Gasteiger partial charge in [0.15, 0.2) is 11.2 Å². The zero-order valence-electron chi connectivity index (χ0n) is 21.3. The number of benzene rings is 1. The molecule has 2 atom stereocenters. The highest BCUT2D eigenvalue weighted by molar-refractivity contribution is 5.74. The third-order valence-corrected chi connectivity index (χ3v) is 6.34. The molecule has 0 aliphatic rings. The van der Waals surface area contributed by atoms with Crippen molar-refractivity contribution in [3.63, 3.8) is 0 Å². The molecule has 0 aliphatic carbocycles. The van der Waals surface area contributed by atoms with Crippen molar-refractivity contribution < 1.29 is 14.6 Å². The van der Waals surface area contributed by atoms with E-state index in [-0.39, 0.29) is 24.3 Å². The SMILES string of the molecule is CCCC[C@H](CC)CNc1nc2c(c(=O)n(C)c(=O)n2C)n1C[C@@H](O)COc1ccc(OC)cc1. The van der Waals surface area contributed by atoms with Gasteiger partial charge in [-0.2, -0.15) is 4.98 Å². The smallest absolute Gasteiger partial charge is 0.332 e. The molecule has 3 aromatic rings. The summed E-state index contributed by atoms with van der Waals surface area (Å²) in [6.45, 7) is 5.11. The van der Waals surface area contributed by atoms with Crippen molar-refractivity contribution in [2.45, 2.75) is 52.2 Å². The third kappa shape index (κ3) is 6.05. The Labute approximate surface area is 205 Å². The maximum Gasteiger partial charge on any atom is 0.332 e. The molecular formula is C25H37N5O5. The van der Waals surface area contributed by atoms with Gasteiger partial charge >= 0.3 is 5.69 Å². The number of aliphatic hydroxyl groups is 1. The lowest BCUT2D eigenvalue weighted by molar-refractivity contribution is 0.0938. The standard InChI is InChI=1S/C25H37N5O5/c1-6-8-9-17(7-2)14-26-24-27-22-21(23(32)29(4)25(33)28(22)3)30(24)15-18(31)16-35-20-12-10-19(34-5)11-13-20/h10-13,17-18,31H,6-9,14-16H2,1-5H3,(H,26,27)/t17-,18+/m0/s1. The van der Waals surface area contributed by atoms with Gasteiger partial charge in [0.1, 0.15) is 24.2 Å². The molecule has 1 aromatic carbocycles. The Morgan fingerprint density at radius 1 is 1.09 bits per heavy atom. The molecular weight excluding hydrogens is 450 g/mol. The van der Waals surface area contributed by atoms with Crippen molar-refractivity contribution in [1.82, 2.24) is 18.7 Å². The van der Waals surface area contributed by atoms with Crippen LogP contribution < -0.4 is 26.0 Å². The van der Waals surface area contributed by atoms with E-state index in [1.807, 2.05) is 0 Å². The van der Waals surface area contributed by atoms with Crippen molar-refractivity contribution in [1.29, 1.82) is 0 Å². The summed E-state index contributed by atoms with van der Waals surface area (Å²) in [7, 11) is 4.62. The number of hydrogen-bond donors (Lipinski definition) is 2. The van der Waals surface area contributed by atoms with Crippen molar-refractivity contribution in [2.24, 2.45) is 20.0 Å². The van der Waals surface area contributed by atoms with E-state index in [2.05, 4.69) is 24.1 Å². The van der Waals surface area contributed by atoms with Gasteiger partial charge in [-0.15, -0.1) is 0 Å². The van der Waals surface area contributed by atoms with Crippen molar-refractivity contribution >= 4 is 17.1 Å². The molecule has 0 aliphatic heterocycles. The fraction of sp³-hybridized carbons (Fsp3) is 0.560. The summed E-state index contributed by atoms with van der Waals surface area (Å²) in [6, 6.07) is 7.08. The number of fused-ring (bicyclic) bond motifs is 1. The molecule has 3 rings (SSSR count). The quantitative estimate of drug-likeness (QED) is 0.381. The average Bonchev–Trinajstić information content (AvgIpc) is 3.23. The summed E-state index contributed by atoms with van der Waals surface area (Å²) in [4.78, 5) is 30.1. The first-order valence-electron chi connectivity index (χ1n) is 12.2. The van der Waals surface area contributed by atoms with Crippen LogP contribution in [0.1, 0.15) is 39.5 Å². The second kappa shape index (κ2) is 11.9.